The Morgan fingerprint density at radius 2 is 1.06 bits per heavy atom. The van der Waals surface area contributed by atoms with Crippen LogP contribution < -0.4 is 0 Å². The highest BCUT2D eigenvalue weighted by Crippen LogP contribution is 2.60. The Hall–Kier alpha value is -5.40. The van der Waals surface area contributed by atoms with Crippen LogP contribution in [0.5, 0.6) is 0 Å². The van der Waals surface area contributed by atoms with Gasteiger partial charge in [-0.2, -0.15) is 5.26 Å². The zero-order chi connectivity index (χ0) is 34.3. The Morgan fingerprint density at radius 3 is 1.71 bits per heavy atom. The standard InChI is InChI=1S/C47H40N4/c1-46(2)41-22-29(28-48)11-17-39(41)40-18-14-37(24-42(40)46)45-50-43(49-44(51-45)36-10-6-9-35(23-36)33-7-4-3-5-8-33)34-12-15-38(16-13-34)47-25-30-19-31(26-47)21-32(20-30)27-47/h3-18,22-24,30-32H,19-21,25-27H2,1-2H3. The number of rotatable bonds is 5. The minimum Gasteiger partial charge on any atom is -0.208 e. The van der Waals surface area contributed by atoms with E-state index in [4.69, 9.17) is 15.0 Å². The van der Waals surface area contributed by atoms with Gasteiger partial charge in [-0.25, -0.2) is 15.0 Å². The summed E-state index contributed by atoms with van der Waals surface area (Å²) in [6, 6.07) is 43.2. The van der Waals surface area contributed by atoms with Crippen molar-refractivity contribution >= 4 is 0 Å². The fourth-order valence-electron chi connectivity index (χ4n) is 10.6. The third-order valence-corrected chi connectivity index (χ3v) is 12.7. The van der Waals surface area contributed by atoms with Crippen molar-refractivity contribution in [3.63, 3.8) is 0 Å². The molecule has 5 aromatic carbocycles. The second kappa shape index (κ2) is 11.3. The van der Waals surface area contributed by atoms with Crippen LogP contribution in [-0.4, -0.2) is 15.0 Å². The number of benzene rings is 5. The van der Waals surface area contributed by atoms with Crippen LogP contribution in [0.2, 0.25) is 0 Å². The van der Waals surface area contributed by atoms with E-state index in [2.05, 4.69) is 117 Å². The number of nitriles is 1. The van der Waals surface area contributed by atoms with E-state index in [1.165, 1.54) is 66.3 Å². The van der Waals surface area contributed by atoms with Crippen LogP contribution in [0.4, 0.5) is 0 Å². The molecule has 4 fully saturated rings. The van der Waals surface area contributed by atoms with Gasteiger partial charge in [0.25, 0.3) is 0 Å². The predicted octanol–water partition coefficient (Wildman–Crippen LogP) is 11.2. The first-order valence-electron chi connectivity index (χ1n) is 18.6. The summed E-state index contributed by atoms with van der Waals surface area (Å²) in [5, 5.41) is 9.63. The molecule has 11 rings (SSSR count). The first-order valence-corrected chi connectivity index (χ1v) is 18.6. The molecule has 0 spiro atoms. The Kier molecular flexibility index (Phi) is 6.74. The maximum absolute atomic E-state index is 9.63. The summed E-state index contributed by atoms with van der Waals surface area (Å²) in [4.78, 5) is 15.5. The lowest BCUT2D eigenvalue weighted by Gasteiger charge is -2.57. The normalized spacial score (nSPS) is 23.4. The smallest absolute Gasteiger partial charge is 0.164 e. The number of fused-ring (bicyclic) bond motifs is 3. The van der Waals surface area contributed by atoms with Crippen LogP contribution >= 0.6 is 0 Å². The zero-order valence-corrected chi connectivity index (χ0v) is 29.2. The average molecular weight is 661 g/mol. The van der Waals surface area contributed by atoms with Crippen LogP contribution in [-0.2, 0) is 10.8 Å². The van der Waals surface area contributed by atoms with Gasteiger partial charge < -0.3 is 0 Å². The number of nitrogens with zero attached hydrogens (tertiary/aromatic N) is 4. The maximum Gasteiger partial charge on any atom is 0.164 e. The van der Waals surface area contributed by atoms with E-state index in [1.807, 2.05) is 18.2 Å². The molecule has 6 aromatic rings. The molecular weight excluding hydrogens is 621 g/mol. The number of aromatic nitrogens is 3. The van der Waals surface area contributed by atoms with Crippen LogP contribution in [0.3, 0.4) is 0 Å². The molecule has 4 bridgehead atoms. The minimum absolute atomic E-state index is 0.261. The largest absolute Gasteiger partial charge is 0.208 e. The number of hydrogen-bond acceptors (Lipinski definition) is 4. The minimum atomic E-state index is -0.261. The molecule has 248 valence electrons. The van der Waals surface area contributed by atoms with E-state index in [0.29, 0.717) is 28.5 Å². The first-order chi connectivity index (χ1) is 24.8. The van der Waals surface area contributed by atoms with Gasteiger partial charge in [-0.15, -0.1) is 0 Å². The highest BCUT2D eigenvalue weighted by atomic mass is 15.0. The average Bonchev–Trinajstić information content (AvgIpc) is 3.39. The molecule has 0 atom stereocenters. The molecular formula is C47H40N4. The van der Waals surface area contributed by atoms with E-state index < -0.39 is 0 Å². The van der Waals surface area contributed by atoms with Gasteiger partial charge >= 0.3 is 0 Å². The molecule has 0 saturated heterocycles. The highest BCUT2D eigenvalue weighted by Gasteiger charge is 2.51. The molecule has 1 aromatic heterocycles. The summed E-state index contributed by atoms with van der Waals surface area (Å²) in [5.74, 6) is 4.76. The van der Waals surface area contributed by atoms with Crippen LogP contribution in [0.1, 0.15) is 74.6 Å². The first kappa shape index (κ1) is 30.4. The molecule has 5 aliphatic carbocycles. The summed E-state index contributed by atoms with van der Waals surface area (Å²) in [7, 11) is 0. The molecule has 0 amide bonds. The van der Waals surface area contributed by atoms with Gasteiger partial charge in [-0.1, -0.05) is 105 Å². The summed E-state index contributed by atoms with van der Waals surface area (Å²) in [6.07, 6.45) is 8.41. The Morgan fingerprint density at radius 1 is 0.529 bits per heavy atom. The van der Waals surface area contributed by atoms with Crippen molar-refractivity contribution in [1.82, 2.24) is 15.0 Å². The molecule has 1 heterocycles. The fraction of sp³-hybridized carbons (Fsp3) is 0.277. The third kappa shape index (κ3) is 4.97. The van der Waals surface area contributed by atoms with Crippen LogP contribution in [0.15, 0.2) is 115 Å². The second-order valence-electron chi connectivity index (χ2n) is 16.3. The number of hydrogen-bond donors (Lipinski definition) is 0. The zero-order valence-electron chi connectivity index (χ0n) is 29.2. The molecule has 4 nitrogen and oxygen atoms in total. The van der Waals surface area contributed by atoms with E-state index in [-0.39, 0.29) is 5.41 Å². The summed E-state index contributed by atoms with van der Waals surface area (Å²) < 4.78 is 0. The quantitative estimate of drug-likeness (QED) is 0.185. The molecule has 5 aliphatic rings. The van der Waals surface area contributed by atoms with Crippen molar-refractivity contribution in [3.05, 3.63) is 138 Å². The van der Waals surface area contributed by atoms with E-state index >= 15 is 0 Å². The van der Waals surface area contributed by atoms with Crippen LogP contribution in [0.25, 0.3) is 56.4 Å². The third-order valence-electron chi connectivity index (χ3n) is 12.7. The molecule has 0 unspecified atom stereocenters. The lowest BCUT2D eigenvalue weighted by Crippen LogP contribution is -2.48. The van der Waals surface area contributed by atoms with E-state index in [1.54, 1.807) is 0 Å². The Balaban J connectivity index is 1.08. The molecule has 0 radical (unpaired) electrons. The van der Waals surface area contributed by atoms with Gasteiger partial charge in [-0.3, -0.25) is 0 Å². The SMILES string of the molecule is CC1(C)c2cc(C#N)ccc2-c2ccc(-c3nc(-c4ccc(C56CC7CC(CC(C7)C5)C6)cc4)nc(-c4cccc(-c5ccccc5)c4)n3)cc21. The van der Waals surface area contributed by atoms with Crippen molar-refractivity contribution in [2.75, 3.05) is 0 Å². The monoisotopic (exact) mass is 660 g/mol. The van der Waals surface area contributed by atoms with Crippen molar-refractivity contribution in [1.29, 1.82) is 5.26 Å². The van der Waals surface area contributed by atoms with Crippen molar-refractivity contribution < 1.29 is 0 Å². The van der Waals surface area contributed by atoms with Gasteiger partial charge in [0.05, 0.1) is 11.6 Å². The lowest BCUT2D eigenvalue weighted by molar-refractivity contribution is -0.00518. The summed E-state index contributed by atoms with van der Waals surface area (Å²) >= 11 is 0. The van der Waals surface area contributed by atoms with Crippen molar-refractivity contribution in [3.8, 4) is 62.5 Å². The predicted molar refractivity (Wildman–Crippen MR) is 204 cm³/mol. The highest BCUT2D eigenvalue weighted by molar-refractivity contribution is 5.84. The maximum atomic E-state index is 9.63. The Bertz CT molecular complexity index is 2350. The van der Waals surface area contributed by atoms with Crippen molar-refractivity contribution in [2.24, 2.45) is 17.8 Å². The fourth-order valence-corrected chi connectivity index (χ4v) is 10.6. The van der Waals surface area contributed by atoms with Gasteiger partial charge in [0.15, 0.2) is 17.5 Å². The van der Waals surface area contributed by atoms with E-state index in [0.717, 1.165) is 45.6 Å². The molecule has 4 saturated carbocycles. The Labute approximate surface area is 300 Å². The second-order valence-corrected chi connectivity index (χ2v) is 16.3. The summed E-state index contributed by atoms with van der Waals surface area (Å²) in [6.45, 7) is 4.49. The molecule has 51 heavy (non-hydrogen) atoms. The molecule has 0 aliphatic heterocycles. The van der Waals surface area contributed by atoms with Gasteiger partial charge in [0.2, 0.25) is 0 Å². The van der Waals surface area contributed by atoms with E-state index in [9.17, 15) is 5.26 Å². The molecule has 0 N–H and O–H groups in total. The topological polar surface area (TPSA) is 62.5 Å². The van der Waals surface area contributed by atoms with Crippen molar-refractivity contribution in [2.45, 2.75) is 63.2 Å². The van der Waals surface area contributed by atoms with Gasteiger partial charge in [0, 0.05) is 22.1 Å². The van der Waals surface area contributed by atoms with Gasteiger partial charge in [-0.05, 0) is 125 Å². The van der Waals surface area contributed by atoms with Crippen LogP contribution in [0, 0.1) is 29.1 Å². The van der Waals surface area contributed by atoms with Gasteiger partial charge in [0.1, 0.15) is 0 Å². The lowest BCUT2D eigenvalue weighted by atomic mass is 9.48. The summed E-state index contributed by atoms with van der Waals surface area (Å²) in [5.41, 5.74) is 12.3. The molecule has 4 heteroatoms.